The third-order valence-corrected chi connectivity index (χ3v) is 6.51. The minimum atomic E-state index is -3.56. The fourth-order valence-corrected chi connectivity index (χ4v) is 4.30. The fourth-order valence-electron chi connectivity index (χ4n) is 4.19. The molecule has 0 N–H and O–H groups in total. The maximum atomic E-state index is 14.7. The van der Waals surface area contributed by atoms with Gasteiger partial charge < -0.3 is 4.74 Å². The van der Waals surface area contributed by atoms with Gasteiger partial charge in [0, 0.05) is 0 Å². The molecule has 1 aliphatic rings. The van der Waals surface area contributed by atoms with Crippen LogP contribution < -0.4 is 4.74 Å². The monoisotopic (exact) mass is 462 g/mol. The van der Waals surface area contributed by atoms with E-state index in [4.69, 9.17) is 16.3 Å². The summed E-state index contributed by atoms with van der Waals surface area (Å²) in [7, 11) is 0. The molecule has 4 rings (SSSR count). The van der Waals surface area contributed by atoms with Crippen LogP contribution in [-0.4, -0.2) is 0 Å². The molecule has 1 aliphatic carbocycles. The number of hydrogen-bond acceptors (Lipinski definition) is 1. The van der Waals surface area contributed by atoms with Crippen molar-refractivity contribution >= 4 is 11.6 Å². The maximum Gasteiger partial charge on any atom is 0.426 e. The highest BCUT2D eigenvalue weighted by atomic mass is 35.5. The van der Waals surface area contributed by atoms with Crippen molar-refractivity contribution in [2.45, 2.75) is 44.6 Å². The maximum absolute atomic E-state index is 14.7. The molecule has 6 heteroatoms. The van der Waals surface area contributed by atoms with Crippen molar-refractivity contribution in [3.8, 4) is 16.9 Å². The molecule has 0 bridgehead atoms. The first kappa shape index (κ1) is 22.7. The molecule has 168 valence electrons. The summed E-state index contributed by atoms with van der Waals surface area (Å²) in [5, 5.41) is -0.602. The van der Waals surface area contributed by atoms with Crippen LogP contribution in [0, 0.1) is 17.6 Å². The van der Waals surface area contributed by atoms with Gasteiger partial charge in [-0.05, 0) is 77.8 Å². The van der Waals surface area contributed by atoms with E-state index in [0.29, 0.717) is 11.5 Å². The van der Waals surface area contributed by atoms with Crippen molar-refractivity contribution in [2.75, 3.05) is 0 Å². The molecular weight excluding hydrogens is 440 g/mol. The summed E-state index contributed by atoms with van der Waals surface area (Å²) in [6.07, 6.45) is 1.05. The van der Waals surface area contributed by atoms with Gasteiger partial charge in [-0.1, -0.05) is 55.6 Å². The third-order valence-electron chi connectivity index (χ3n) is 6.15. The first-order valence-corrected chi connectivity index (χ1v) is 11.0. The normalized spacial score (nSPS) is 19.1. The summed E-state index contributed by atoms with van der Waals surface area (Å²) in [6.45, 7) is 2.26. The average molecular weight is 463 g/mol. The molecule has 1 nitrogen and oxygen atoms in total. The van der Waals surface area contributed by atoms with Gasteiger partial charge in [-0.15, -0.1) is 0 Å². The van der Waals surface area contributed by atoms with E-state index in [9.17, 15) is 17.6 Å². The average Bonchev–Trinajstić information content (AvgIpc) is 2.78. The van der Waals surface area contributed by atoms with E-state index < -0.39 is 22.8 Å². The zero-order valence-electron chi connectivity index (χ0n) is 17.6. The van der Waals surface area contributed by atoms with E-state index in [1.165, 1.54) is 37.1 Å². The van der Waals surface area contributed by atoms with Crippen molar-refractivity contribution in [3.05, 3.63) is 88.4 Å². The van der Waals surface area contributed by atoms with E-state index in [1.807, 2.05) is 12.1 Å². The zero-order valence-corrected chi connectivity index (χ0v) is 18.3. The number of hydrogen-bond donors (Lipinski definition) is 0. The number of alkyl halides is 2. The summed E-state index contributed by atoms with van der Waals surface area (Å²) < 4.78 is 61.7. The van der Waals surface area contributed by atoms with Gasteiger partial charge in [0.2, 0.25) is 0 Å². The minimum absolute atomic E-state index is 0.0776. The smallest absolute Gasteiger partial charge is 0.426 e. The van der Waals surface area contributed by atoms with Gasteiger partial charge in [0.25, 0.3) is 0 Å². The Morgan fingerprint density at radius 3 is 1.94 bits per heavy atom. The van der Waals surface area contributed by atoms with Crippen LogP contribution in [0.2, 0.25) is 5.02 Å². The SMILES string of the molecule is CC1CCC(c2ccc(OC(F)(F)c3ccc(-c4cc(F)c(Cl)c(F)c4)cc3)cc2)CC1. The van der Waals surface area contributed by atoms with Crippen LogP contribution in [0.25, 0.3) is 11.1 Å². The molecule has 0 aromatic heterocycles. The van der Waals surface area contributed by atoms with Crippen LogP contribution in [0.15, 0.2) is 60.7 Å². The number of halogens is 5. The molecule has 0 aliphatic heterocycles. The molecule has 0 unspecified atom stereocenters. The van der Waals surface area contributed by atoms with E-state index in [1.54, 1.807) is 12.1 Å². The second kappa shape index (κ2) is 9.14. The molecule has 3 aromatic rings. The molecular formula is C26H23ClF4O. The standard InChI is InChI=1S/C26H23ClF4O/c1-16-2-4-17(5-3-16)18-8-12-22(13-9-18)32-26(30,31)21-10-6-19(7-11-21)20-14-23(28)25(27)24(29)15-20/h6-17H,2-5H2,1H3. The first-order chi connectivity index (χ1) is 15.2. The Kier molecular flexibility index (Phi) is 6.47. The molecule has 1 saturated carbocycles. The lowest BCUT2D eigenvalue weighted by atomic mass is 9.79. The van der Waals surface area contributed by atoms with Crippen molar-refractivity contribution in [1.29, 1.82) is 0 Å². The Morgan fingerprint density at radius 2 is 1.38 bits per heavy atom. The van der Waals surface area contributed by atoms with Crippen molar-refractivity contribution in [3.63, 3.8) is 0 Å². The Labute approximate surface area is 190 Å². The highest BCUT2D eigenvalue weighted by Crippen LogP contribution is 2.38. The topological polar surface area (TPSA) is 9.23 Å². The number of ether oxygens (including phenoxy) is 1. The Morgan fingerprint density at radius 1 is 0.812 bits per heavy atom. The van der Waals surface area contributed by atoms with Crippen LogP contribution in [-0.2, 0) is 6.11 Å². The molecule has 0 atom stereocenters. The van der Waals surface area contributed by atoms with E-state index in [0.717, 1.165) is 36.5 Å². The summed E-state index contributed by atoms with van der Waals surface area (Å²) in [5.41, 5.74) is 1.37. The van der Waals surface area contributed by atoms with Gasteiger partial charge in [-0.25, -0.2) is 8.78 Å². The van der Waals surface area contributed by atoms with Crippen LogP contribution in [0.5, 0.6) is 5.75 Å². The van der Waals surface area contributed by atoms with Gasteiger partial charge in [0.15, 0.2) is 0 Å². The third kappa shape index (κ3) is 4.93. The van der Waals surface area contributed by atoms with E-state index in [-0.39, 0.29) is 16.9 Å². The summed E-state index contributed by atoms with van der Waals surface area (Å²) in [4.78, 5) is 0. The molecule has 0 saturated heterocycles. The predicted molar refractivity (Wildman–Crippen MR) is 118 cm³/mol. The predicted octanol–water partition coefficient (Wildman–Crippen LogP) is 8.71. The Bertz CT molecular complexity index is 1050. The Balaban J connectivity index is 1.46. The van der Waals surface area contributed by atoms with Crippen LogP contribution >= 0.6 is 11.6 Å². The summed E-state index contributed by atoms with van der Waals surface area (Å²) in [6, 6.07) is 14.1. The first-order valence-electron chi connectivity index (χ1n) is 10.6. The molecule has 32 heavy (non-hydrogen) atoms. The highest BCUT2D eigenvalue weighted by Gasteiger charge is 2.34. The van der Waals surface area contributed by atoms with Gasteiger partial charge in [-0.3, -0.25) is 0 Å². The zero-order chi connectivity index (χ0) is 22.9. The Hall–Kier alpha value is -2.53. The second-order valence-electron chi connectivity index (χ2n) is 8.48. The molecule has 1 fully saturated rings. The number of rotatable bonds is 5. The lowest BCUT2D eigenvalue weighted by Gasteiger charge is -2.26. The number of benzene rings is 3. The van der Waals surface area contributed by atoms with Gasteiger partial charge in [0.05, 0.1) is 5.56 Å². The van der Waals surface area contributed by atoms with E-state index in [2.05, 4.69) is 6.92 Å². The highest BCUT2D eigenvalue weighted by molar-refractivity contribution is 6.31. The van der Waals surface area contributed by atoms with Gasteiger partial charge >= 0.3 is 6.11 Å². The lowest BCUT2D eigenvalue weighted by molar-refractivity contribution is -0.185. The molecule has 3 aromatic carbocycles. The lowest BCUT2D eigenvalue weighted by Crippen LogP contribution is -2.21. The molecule has 0 amide bonds. The fraction of sp³-hybridized carbons (Fsp3) is 0.308. The minimum Gasteiger partial charge on any atom is -0.429 e. The van der Waals surface area contributed by atoms with Crippen LogP contribution in [0.4, 0.5) is 17.6 Å². The van der Waals surface area contributed by atoms with Gasteiger partial charge in [-0.2, -0.15) is 8.78 Å². The van der Waals surface area contributed by atoms with Crippen molar-refractivity contribution in [2.24, 2.45) is 5.92 Å². The van der Waals surface area contributed by atoms with Crippen LogP contribution in [0.3, 0.4) is 0 Å². The quantitative estimate of drug-likeness (QED) is 0.272. The van der Waals surface area contributed by atoms with Crippen LogP contribution in [0.1, 0.15) is 49.7 Å². The molecule has 0 spiro atoms. The largest absolute Gasteiger partial charge is 0.429 e. The van der Waals surface area contributed by atoms with Gasteiger partial charge in [0.1, 0.15) is 22.4 Å². The van der Waals surface area contributed by atoms with Crippen molar-refractivity contribution < 1.29 is 22.3 Å². The second-order valence-corrected chi connectivity index (χ2v) is 8.85. The van der Waals surface area contributed by atoms with E-state index >= 15 is 0 Å². The summed E-state index contributed by atoms with van der Waals surface area (Å²) >= 11 is 5.49. The summed E-state index contributed by atoms with van der Waals surface area (Å²) in [5.74, 6) is -0.530. The van der Waals surface area contributed by atoms with Crippen molar-refractivity contribution in [1.82, 2.24) is 0 Å². The molecule has 0 heterocycles. The molecule has 0 radical (unpaired) electrons.